The number of H-pyrrole nitrogens is 1. The van der Waals surface area contributed by atoms with Crippen LogP contribution in [-0.4, -0.2) is 39.6 Å². The first kappa shape index (κ1) is 14.3. The summed E-state index contributed by atoms with van der Waals surface area (Å²) in [5.41, 5.74) is 0. The molecule has 1 aromatic heterocycles. The molecule has 2 aromatic rings. The van der Waals surface area contributed by atoms with E-state index in [-0.39, 0.29) is 12.5 Å². The number of para-hydroxylation sites is 1. The fourth-order valence-corrected chi connectivity index (χ4v) is 1.76. The molecule has 0 spiro atoms. The number of aromatic amines is 1. The average Bonchev–Trinajstić information content (AvgIpc) is 2.82. The summed E-state index contributed by atoms with van der Waals surface area (Å²) in [5.74, 6) is 1.60. The van der Waals surface area contributed by atoms with E-state index in [1.54, 1.807) is 38.2 Å². The number of carbonyl (C=O) groups excluding carboxylic acids is 1. The standard InChI is InChI=1S/C13H15ClN4O2/c1-9-15-12(17-16-9)7-18(2)13(19)8-20-11-6-4-3-5-10(11)14/h3-6H,7-8H2,1-2H3,(H,15,16,17). The maximum absolute atomic E-state index is 11.9. The van der Waals surface area contributed by atoms with Gasteiger partial charge in [0.15, 0.2) is 12.4 Å². The zero-order valence-electron chi connectivity index (χ0n) is 11.3. The van der Waals surface area contributed by atoms with Crippen LogP contribution in [0.3, 0.4) is 0 Å². The Hall–Kier alpha value is -2.08. The molecule has 1 aromatic carbocycles. The Balaban J connectivity index is 1.87. The lowest BCUT2D eigenvalue weighted by atomic mass is 10.3. The summed E-state index contributed by atoms with van der Waals surface area (Å²) in [6, 6.07) is 7.02. The van der Waals surface area contributed by atoms with Crippen molar-refractivity contribution in [2.75, 3.05) is 13.7 Å². The molecule has 0 atom stereocenters. The van der Waals surface area contributed by atoms with Crippen molar-refractivity contribution < 1.29 is 9.53 Å². The Morgan fingerprint density at radius 2 is 2.20 bits per heavy atom. The van der Waals surface area contributed by atoms with Gasteiger partial charge in [-0.3, -0.25) is 9.89 Å². The number of hydrogen-bond acceptors (Lipinski definition) is 4. The van der Waals surface area contributed by atoms with Gasteiger partial charge in [0.25, 0.3) is 5.91 Å². The number of carbonyl (C=O) groups is 1. The van der Waals surface area contributed by atoms with Crippen molar-refractivity contribution in [1.82, 2.24) is 20.1 Å². The Morgan fingerprint density at radius 1 is 1.45 bits per heavy atom. The van der Waals surface area contributed by atoms with Crippen molar-refractivity contribution in [1.29, 1.82) is 0 Å². The van der Waals surface area contributed by atoms with Gasteiger partial charge < -0.3 is 9.64 Å². The number of halogens is 1. The van der Waals surface area contributed by atoms with Gasteiger partial charge in [-0.15, -0.1) is 0 Å². The number of amides is 1. The Bertz CT molecular complexity index is 600. The van der Waals surface area contributed by atoms with Crippen LogP contribution in [0.4, 0.5) is 0 Å². The first-order chi connectivity index (χ1) is 9.56. The van der Waals surface area contributed by atoms with Gasteiger partial charge in [0.2, 0.25) is 0 Å². The first-order valence-electron chi connectivity index (χ1n) is 6.05. The normalized spacial score (nSPS) is 10.3. The van der Waals surface area contributed by atoms with Gasteiger partial charge >= 0.3 is 0 Å². The van der Waals surface area contributed by atoms with Crippen molar-refractivity contribution in [3.8, 4) is 5.75 Å². The van der Waals surface area contributed by atoms with Crippen LogP contribution in [0.1, 0.15) is 11.6 Å². The fraction of sp³-hybridized carbons (Fsp3) is 0.308. The van der Waals surface area contributed by atoms with Crippen LogP contribution < -0.4 is 4.74 Å². The maximum atomic E-state index is 11.9. The number of aromatic nitrogens is 3. The summed E-state index contributed by atoms with van der Waals surface area (Å²) in [4.78, 5) is 17.6. The van der Waals surface area contributed by atoms with Gasteiger partial charge in [-0.1, -0.05) is 23.7 Å². The summed E-state index contributed by atoms with van der Waals surface area (Å²) in [6.07, 6.45) is 0. The zero-order chi connectivity index (χ0) is 14.5. The predicted octanol–water partition coefficient (Wildman–Crippen LogP) is 1.80. The van der Waals surface area contributed by atoms with E-state index >= 15 is 0 Å². The number of rotatable bonds is 5. The molecule has 0 saturated heterocycles. The van der Waals surface area contributed by atoms with E-state index in [4.69, 9.17) is 16.3 Å². The van der Waals surface area contributed by atoms with Crippen molar-refractivity contribution in [3.05, 3.63) is 40.9 Å². The van der Waals surface area contributed by atoms with Gasteiger partial charge in [-0.25, -0.2) is 4.98 Å². The second kappa shape index (κ2) is 6.38. The minimum atomic E-state index is -0.174. The minimum absolute atomic E-state index is 0.0797. The van der Waals surface area contributed by atoms with Crippen LogP contribution in [0.25, 0.3) is 0 Å². The molecule has 0 bridgehead atoms. The van der Waals surface area contributed by atoms with E-state index in [2.05, 4.69) is 15.2 Å². The topological polar surface area (TPSA) is 71.1 Å². The third-order valence-electron chi connectivity index (χ3n) is 2.64. The van der Waals surface area contributed by atoms with Gasteiger partial charge in [0.05, 0.1) is 11.6 Å². The highest BCUT2D eigenvalue weighted by Gasteiger charge is 2.13. The van der Waals surface area contributed by atoms with Crippen molar-refractivity contribution in [2.45, 2.75) is 13.5 Å². The summed E-state index contributed by atoms with van der Waals surface area (Å²) >= 11 is 5.95. The van der Waals surface area contributed by atoms with E-state index < -0.39 is 0 Å². The van der Waals surface area contributed by atoms with Crippen molar-refractivity contribution in [3.63, 3.8) is 0 Å². The van der Waals surface area contributed by atoms with Crippen LogP contribution in [0.15, 0.2) is 24.3 Å². The van der Waals surface area contributed by atoms with E-state index in [1.165, 1.54) is 4.90 Å². The smallest absolute Gasteiger partial charge is 0.260 e. The third-order valence-corrected chi connectivity index (χ3v) is 2.95. The summed E-state index contributed by atoms with van der Waals surface area (Å²) in [5, 5.41) is 7.19. The highest BCUT2D eigenvalue weighted by molar-refractivity contribution is 6.32. The van der Waals surface area contributed by atoms with E-state index in [0.29, 0.717) is 29.0 Å². The number of hydrogen-bond donors (Lipinski definition) is 1. The molecule has 2 rings (SSSR count). The molecular formula is C13H15ClN4O2. The SMILES string of the molecule is Cc1nc(CN(C)C(=O)COc2ccccc2Cl)n[nH]1. The lowest BCUT2D eigenvalue weighted by Crippen LogP contribution is -2.31. The quantitative estimate of drug-likeness (QED) is 0.913. The van der Waals surface area contributed by atoms with Gasteiger partial charge in [0, 0.05) is 7.05 Å². The van der Waals surface area contributed by atoms with E-state index in [0.717, 1.165) is 0 Å². The number of ether oxygens (including phenoxy) is 1. The monoisotopic (exact) mass is 294 g/mol. The molecule has 0 radical (unpaired) electrons. The van der Waals surface area contributed by atoms with Crippen molar-refractivity contribution in [2.24, 2.45) is 0 Å². The Kier molecular flexibility index (Phi) is 4.57. The summed E-state index contributed by atoms with van der Waals surface area (Å²) < 4.78 is 5.39. The number of benzene rings is 1. The lowest BCUT2D eigenvalue weighted by Gasteiger charge is -2.16. The molecular weight excluding hydrogens is 280 g/mol. The highest BCUT2D eigenvalue weighted by atomic mass is 35.5. The molecule has 106 valence electrons. The predicted molar refractivity (Wildman–Crippen MR) is 74.5 cm³/mol. The summed E-state index contributed by atoms with van der Waals surface area (Å²) in [6.45, 7) is 2.05. The highest BCUT2D eigenvalue weighted by Crippen LogP contribution is 2.22. The van der Waals surface area contributed by atoms with Crippen LogP contribution in [-0.2, 0) is 11.3 Å². The molecule has 0 fully saturated rings. The first-order valence-corrected chi connectivity index (χ1v) is 6.43. The number of nitrogens with zero attached hydrogens (tertiary/aromatic N) is 3. The molecule has 1 N–H and O–H groups in total. The fourth-order valence-electron chi connectivity index (χ4n) is 1.57. The van der Waals surface area contributed by atoms with Crippen LogP contribution in [0, 0.1) is 6.92 Å². The van der Waals surface area contributed by atoms with Gasteiger partial charge in [-0.2, -0.15) is 5.10 Å². The number of nitrogens with one attached hydrogen (secondary N) is 1. The molecule has 0 unspecified atom stereocenters. The van der Waals surface area contributed by atoms with Crippen molar-refractivity contribution >= 4 is 17.5 Å². The Morgan fingerprint density at radius 3 is 2.85 bits per heavy atom. The number of likely N-dealkylation sites (N-methyl/N-ethyl adjacent to an activating group) is 1. The molecule has 0 aliphatic heterocycles. The minimum Gasteiger partial charge on any atom is -0.482 e. The summed E-state index contributed by atoms with van der Waals surface area (Å²) in [7, 11) is 1.67. The third kappa shape index (κ3) is 3.71. The molecule has 20 heavy (non-hydrogen) atoms. The zero-order valence-corrected chi connectivity index (χ0v) is 12.0. The molecule has 0 aliphatic carbocycles. The van der Waals surface area contributed by atoms with Gasteiger partial charge in [0.1, 0.15) is 11.6 Å². The largest absolute Gasteiger partial charge is 0.482 e. The molecule has 0 saturated carbocycles. The van der Waals surface area contributed by atoms with Crippen LogP contribution in [0.2, 0.25) is 5.02 Å². The average molecular weight is 295 g/mol. The molecule has 1 heterocycles. The second-order valence-corrected chi connectivity index (χ2v) is 4.71. The second-order valence-electron chi connectivity index (χ2n) is 4.31. The van der Waals surface area contributed by atoms with E-state index in [9.17, 15) is 4.79 Å². The lowest BCUT2D eigenvalue weighted by molar-refractivity contribution is -0.132. The van der Waals surface area contributed by atoms with E-state index in [1.807, 2.05) is 0 Å². The molecule has 1 amide bonds. The van der Waals surface area contributed by atoms with Gasteiger partial charge in [-0.05, 0) is 19.1 Å². The number of aryl methyl sites for hydroxylation is 1. The molecule has 0 aliphatic rings. The maximum Gasteiger partial charge on any atom is 0.260 e. The Labute approximate surface area is 121 Å². The molecule has 6 nitrogen and oxygen atoms in total. The van der Waals surface area contributed by atoms with Crippen LogP contribution in [0.5, 0.6) is 5.75 Å². The van der Waals surface area contributed by atoms with Crippen LogP contribution >= 0.6 is 11.6 Å². The molecule has 7 heteroatoms.